The number of benzene rings is 1. The number of aryl methyl sites for hydroxylation is 1. The maximum absolute atomic E-state index is 5.96. The van der Waals surface area contributed by atoms with Crippen LogP contribution >= 0.6 is 0 Å². The molecule has 0 N–H and O–H groups in total. The molecule has 0 bridgehead atoms. The highest BCUT2D eigenvalue weighted by Gasteiger charge is 2.21. The lowest BCUT2D eigenvalue weighted by Crippen LogP contribution is -2.32. The first kappa shape index (κ1) is 15.0. The van der Waals surface area contributed by atoms with E-state index in [0.29, 0.717) is 5.92 Å². The molecule has 1 aromatic carbocycles. The van der Waals surface area contributed by atoms with E-state index in [-0.39, 0.29) is 11.9 Å². The van der Waals surface area contributed by atoms with Gasteiger partial charge in [-0.1, -0.05) is 31.5 Å². The monoisotopic (exact) mass is 250 g/mol. The van der Waals surface area contributed by atoms with Gasteiger partial charge in [-0.25, -0.2) is 0 Å². The van der Waals surface area contributed by atoms with E-state index in [0.717, 1.165) is 12.2 Å². The molecule has 1 atom stereocenters. The quantitative estimate of drug-likeness (QED) is 0.713. The van der Waals surface area contributed by atoms with Gasteiger partial charge in [-0.15, -0.1) is 0 Å². The van der Waals surface area contributed by atoms with Crippen LogP contribution in [0.1, 0.15) is 46.6 Å². The molecule has 2 nitrogen and oxygen atoms in total. The summed E-state index contributed by atoms with van der Waals surface area (Å²) < 4.78 is 11.9. The minimum absolute atomic E-state index is 0.187. The molecule has 1 unspecified atom stereocenters. The highest BCUT2D eigenvalue weighted by molar-refractivity contribution is 5.26. The van der Waals surface area contributed by atoms with Crippen molar-refractivity contribution < 1.29 is 9.47 Å². The van der Waals surface area contributed by atoms with Gasteiger partial charge < -0.3 is 9.47 Å². The van der Waals surface area contributed by atoms with Crippen LogP contribution in [-0.2, 0) is 4.74 Å². The molecule has 1 aromatic rings. The first-order valence-corrected chi connectivity index (χ1v) is 6.67. The Hall–Kier alpha value is -1.02. The predicted octanol–water partition coefficient (Wildman–Crippen LogP) is 4.56. The van der Waals surface area contributed by atoms with Gasteiger partial charge in [-0.05, 0) is 45.7 Å². The minimum Gasteiger partial charge on any atom is -0.465 e. The molecule has 0 aromatic heterocycles. The van der Waals surface area contributed by atoms with Crippen LogP contribution in [0.25, 0.3) is 0 Å². The molecule has 0 amide bonds. The summed E-state index contributed by atoms with van der Waals surface area (Å²) in [7, 11) is 0. The van der Waals surface area contributed by atoms with Gasteiger partial charge in [0.2, 0.25) is 6.29 Å². The number of ether oxygens (including phenoxy) is 2. The van der Waals surface area contributed by atoms with E-state index >= 15 is 0 Å². The lowest BCUT2D eigenvalue weighted by molar-refractivity contribution is -0.157. The number of hydrogen-bond donors (Lipinski definition) is 0. The van der Waals surface area contributed by atoms with Gasteiger partial charge in [0, 0.05) is 6.42 Å². The van der Waals surface area contributed by atoms with Gasteiger partial charge in [0.1, 0.15) is 5.75 Å². The number of rotatable bonds is 5. The summed E-state index contributed by atoms with van der Waals surface area (Å²) in [6.07, 6.45) is 0.707. The summed E-state index contributed by atoms with van der Waals surface area (Å²) in [5, 5.41) is 0. The second-order valence-corrected chi connectivity index (χ2v) is 6.22. The maximum Gasteiger partial charge on any atom is 0.200 e. The van der Waals surface area contributed by atoms with Crippen molar-refractivity contribution in [3.8, 4) is 5.75 Å². The Morgan fingerprint density at radius 1 is 1.06 bits per heavy atom. The minimum atomic E-state index is -0.190. The van der Waals surface area contributed by atoms with E-state index in [1.165, 1.54) is 5.56 Å². The molecule has 18 heavy (non-hydrogen) atoms. The zero-order valence-electron chi connectivity index (χ0n) is 12.5. The smallest absolute Gasteiger partial charge is 0.200 e. The van der Waals surface area contributed by atoms with Crippen molar-refractivity contribution in [2.45, 2.75) is 59.9 Å². The van der Waals surface area contributed by atoms with Crippen molar-refractivity contribution in [1.82, 2.24) is 0 Å². The summed E-state index contributed by atoms with van der Waals surface area (Å²) >= 11 is 0. The SMILES string of the molecule is Cc1ccc(OC(CC(C)C)OC(C)(C)C)cc1. The van der Waals surface area contributed by atoms with Crippen LogP contribution in [0.4, 0.5) is 0 Å². The van der Waals surface area contributed by atoms with Gasteiger partial charge >= 0.3 is 0 Å². The lowest BCUT2D eigenvalue weighted by atomic mass is 10.1. The Kier molecular flexibility index (Phi) is 5.21. The molecular weight excluding hydrogens is 224 g/mol. The zero-order chi connectivity index (χ0) is 13.8. The Balaban J connectivity index is 2.68. The van der Waals surface area contributed by atoms with E-state index < -0.39 is 0 Å². The molecule has 0 saturated heterocycles. The zero-order valence-corrected chi connectivity index (χ0v) is 12.5. The molecule has 0 radical (unpaired) electrons. The van der Waals surface area contributed by atoms with E-state index in [9.17, 15) is 0 Å². The van der Waals surface area contributed by atoms with E-state index in [2.05, 4.69) is 53.7 Å². The van der Waals surface area contributed by atoms with E-state index in [1.807, 2.05) is 12.1 Å². The molecule has 0 spiro atoms. The van der Waals surface area contributed by atoms with Gasteiger partial charge in [-0.3, -0.25) is 0 Å². The first-order valence-electron chi connectivity index (χ1n) is 6.67. The van der Waals surface area contributed by atoms with Gasteiger partial charge in [-0.2, -0.15) is 0 Å². The summed E-state index contributed by atoms with van der Waals surface area (Å²) in [6, 6.07) is 8.10. The van der Waals surface area contributed by atoms with Crippen molar-refractivity contribution >= 4 is 0 Å². The second kappa shape index (κ2) is 6.24. The average Bonchev–Trinajstić information content (AvgIpc) is 2.18. The van der Waals surface area contributed by atoms with Crippen LogP contribution in [-0.4, -0.2) is 11.9 Å². The molecule has 2 heteroatoms. The largest absolute Gasteiger partial charge is 0.465 e. The highest BCUT2D eigenvalue weighted by atomic mass is 16.7. The summed E-state index contributed by atoms with van der Waals surface area (Å²) in [5.74, 6) is 1.42. The Labute approximate surface area is 111 Å². The van der Waals surface area contributed by atoms with Crippen LogP contribution in [0.3, 0.4) is 0 Å². The molecule has 0 fully saturated rings. The Morgan fingerprint density at radius 3 is 2.06 bits per heavy atom. The molecule has 0 aliphatic heterocycles. The van der Waals surface area contributed by atoms with Gasteiger partial charge in [0.25, 0.3) is 0 Å². The van der Waals surface area contributed by atoms with Crippen molar-refractivity contribution in [2.75, 3.05) is 0 Å². The maximum atomic E-state index is 5.96. The first-order chi connectivity index (χ1) is 8.26. The van der Waals surface area contributed by atoms with Crippen molar-refractivity contribution in [1.29, 1.82) is 0 Å². The molecular formula is C16H26O2. The fourth-order valence-electron chi connectivity index (χ4n) is 1.67. The fraction of sp³-hybridized carbons (Fsp3) is 0.625. The fourth-order valence-corrected chi connectivity index (χ4v) is 1.67. The Morgan fingerprint density at radius 2 is 1.61 bits per heavy atom. The van der Waals surface area contributed by atoms with Crippen molar-refractivity contribution in [3.05, 3.63) is 29.8 Å². The summed E-state index contributed by atoms with van der Waals surface area (Å²) in [4.78, 5) is 0. The van der Waals surface area contributed by atoms with Crippen LogP contribution < -0.4 is 4.74 Å². The second-order valence-electron chi connectivity index (χ2n) is 6.22. The van der Waals surface area contributed by atoms with Crippen molar-refractivity contribution in [3.63, 3.8) is 0 Å². The van der Waals surface area contributed by atoms with Crippen LogP contribution in [0.5, 0.6) is 5.75 Å². The average molecular weight is 250 g/mol. The topological polar surface area (TPSA) is 18.5 Å². The summed E-state index contributed by atoms with van der Waals surface area (Å²) in [5.41, 5.74) is 1.05. The van der Waals surface area contributed by atoms with Crippen molar-refractivity contribution in [2.24, 2.45) is 5.92 Å². The van der Waals surface area contributed by atoms with Gasteiger partial charge in [0.15, 0.2) is 0 Å². The molecule has 102 valence electrons. The Bertz CT molecular complexity index is 346. The number of hydrogen-bond acceptors (Lipinski definition) is 2. The molecule has 0 aliphatic carbocycles. The summed E-state index contributed by atoms with van der Waals surface area (Å²) in [6.45, 7) is 12.6. The van der Waals surface area contributed by atoms with E-state index in [4.69, 9.17) is 9.47 Å². The molecule has 1 rings (SSSR count). The normalized spacial score (nSPS) is 13.7. The lowest BCUT2D eigenvalue weighted by Gasteiger charge is -2.29. The third-order valence-electron chi connectivity index (χ3n) is 2.44. The molecule has 0 saturated carbocycles. The van der Waals surface area contributed by atoms with E-state index in [1.54, 1.807) is 0 Å². The predicted molar refractivity (Wildman–Crippen MR) is 75.9 cm³/mol. The molecule has 0 heterocycles. The third kappa shape index (κ3) is 6.06. The van der Waals surface area contributed by atoms with Crippen LogP contribution in [0, 0.1) is 12.8 Å². The van der Waals surface area contributed by atoms with Crippen LogP contribution in [0.2, 0.25) is 0 Å². The highest BCUT2D eigenvalue weighted by Crippen LogP contribution is 2.21. The van der Waals surface area contributed by atoms with Gasteiger partial charge in [0.05, 0.1) is 5.60 Å². The standard InChI is InChI=1S/C16H26O2/c1-12(2)11-15(18-16(4,5)6)17-14-9-7-13(3)8-10-14/h7-10,12,15H,11H2,1-6H3. The molecule has 0 aliphatic rings. The van der Waals surface area contributed by atoms with Crippen LogP contribution in [0.15, 0.2) is 24.3 Å². The third-order valence-corrected chi connectivity index (χ3v) is 2.44.